The average Bonchev–Trinajstić information content (AvgIpc) is 3.43. The Bertz CT molecular complexity index is 1520. The second-order valence-corrected chi connectivity index (χ2v) is 11.2. The molecule has 0 bridgehead atoms. The third-order valence-corrected chi connectivity index (χ3v) is 8.57. The highest BCUT2D eigenvalue weighted by atomic mass is 32.2. The number of amidine groups is 1. The number of aromatic nitrogens is 1. The molecular formula is C32H30FN3OS. The van der Waals surface area contributed by atoms with Gasteiger partial charge in [-0.3, -0.25) is 9.69 Å². The van der Waals surface area contributed by atoms with Crippen LogP contribution in [0, 0.1) is 11.7 Å². The summed E-state index contributed by atoms with van der Waals surface area (Å²) in [6, 6.07) is 24.9. The largest absolute Gasteiger partial charge is 0.342 e. The van der Waals surface area contributed by atoms with Crippen LogP contribution in [0.4, 0.5) is 10.1 Å². The Labute approximate surface area is 226 Å². The van der Waals surface area contributed by atoms with E-state index in [0.29, 0.717) is 17.4 Å². The zero-order valence-electron chi connectivity index (χ0n) is 21.4. The number of nitrogens with zero attached hydrogens (tertiary/aromatic N) is 3. The van der Waals surface area contributed by atoms with Crippen molar-refractivity contribution in [3.8, 4) is 0 Å². The Hall–Kier alpha value is -3.64. The summed E-state index contributed by atoms with van der Waals surface area (Å²) in [5.74, 6) is 0.239. The molecule has 0 unspecified atom stereocenters. The second kappa shape index (κ2) is 10.6. The van der Waals surface area contributed by atoms with Crippen molar-refractivity contribution in [1.82, 2.24) is 9.47 Å². The van der Waals surface area contributed by atoms with Gasteiger partial charge in [0.05, 0.1) is 10.6 Å². The van der Waals surface area contributed by atoms with E-state index in [2.05, 4.69) is 29.8 Å². The molecule has 0 N–H and O–H groups in total. The normalized spacial score (nSPS) is 22.2. The zero-order chi connectivity index (χ0) is 26.1. The van der Waals surface area contributed by atoms with Gasteiger partial charge in [0.15, 0.2) is 5.17 Å². The molecule has 38 heavy (non-hydrogen) atoms. The Morgan fingerprint density at radius 3 is 2.50 bits per heavy atom. The van der Waals surface area contributed by atoms with Crippen molar-refractivity contribution in [1.29, 1.82) is 0 Å². The van der Waals surface area contributed by atoms with Crippen LogP contribution in [-0.2, 0) is 11.3 Å². The van der Waals surface area contributed by atoms with Crippen molar-refractivity contribution in [2.45, 2.75) is 45.2 Å². The Balaban J connectivity index is 1.39. The summed E-state index contributed by atoms with van der Waals surface area (Å²) in [4.78, 5) is 21.5. The summed E-state index contributed by atoms with van der Waals surface area (Å²) in [6.07, 6.45) is 8.60. The fourth-order valence-electron chi connectivity index (χ4n) is 5.60. The van der Waals surface area contributed by atoms with Gasteiger partial charge in [-0.15, -0.1) is 0 Å². The minimum Gasteiger partial charge on any atom is -0.342 e. The number of fused-ring (bicyclic) bond motifs is 1. The van der Waals surface area contributed by atoms with Crippen molar-refractivity contribution >= 4 is 45.5 Å². The van der Waals surface area contributed by atoms with Gasteiger partial charge in [0.25, 0.3) is 5.91 Å². The van der Waals surface area contributed by atoms with Gasteiger partial charge in [-0.1, -0.05) is 68.3 Å². The topological polar surface area (TPSA) is 37.6 Å². The third-order valence-electron chi connectivity index (χ3n) is 7.59. The molecule has 2 heterocycles. The molecule has 1 amide bonds. The van der Waals surface area contributed by atoms with Crippen LogP contribution in [0.1, 0.15) is 43.7 Å². The molecule has 192 valence electrons. The van der Waals surface area contributed by atoms with Crippen LogP contribution in [0.2, 0.25) is 0 Å². The maximum absolute atomic E-state index is 13.9. The van der Waals surface area contributed by atoms with Crippen LogP contribution in [0.15, 0.2) is 95.0 Å². The second-order valence-electron chi connectivity index (χ2n) is 10.2. The SMILES string of the molecule is C[C@H]1CCCC[C@H]1N1C(=O)/C(=C/c2cn(Cc3ccc(F)cc3)c3ccccc23)SC1=Nc1ccccc1. The van der Waals surface area contributed by atoms with E-state index in [4.69, 9.17) is 4.99 Å². The number of carbonyl (C=O) groups is 1. The van der Waals surface area contributed by atoms with E-state index in [1.807, 2.05) is 65.6 Å². The van der Waals surface area contributed by atoms with E-state index < -0.39 is 0 Å². The molecule has 1 saturated heterocycles. The first-order valence-electron chi connectivity index (χ1n) is 13.3. The zero-order valence-corrected chi connectivity index (χ0v) is 22.2. The molecule has 1 aliphatic heterocycles. The van der Waals surface area contributed by atoms with E-state index >= 15 is 0 Å². The maximum atomic E-state index is 13.9. The van der Waals surface area contributed by atoms with Crippen LogP contribution in [0.3, 0.4) is 0 Å². The van der Waals surface area contributed by atoms with E-state index in [0.717, 1.165) is 52.1 Å². The molecule has 2 fully saturated rings. The number of hydrogen-bond donors (Lipinski definition) is 0. The lowest BCUT2D eigenvalue weighted by Crippen LogP contribution is -2.44. The number of rotatable bonds is 5. The first-order valence-corrected chi connectivity index (χ1v) is 14.1. The molecule has 6 rings (SSSR count). The lowest BCUT2D eigenvalue weighted by atomic mass is 9.85. The summed E-state index contributed by atoms with van der Waals surface area (Å²) < 4.78 is 15.6. The van der Waals surface area contributed by atoms with E-state index in [1.165, 1.54) is 30.3 Å². The summed E-state index contributed by atoms with van der Waals surface area (Å²) in [7, 11) is 0. The number of carbonyl (C=O) groups excluding carboxylic acids is 1. The number of benzene rings is 3. The fourth-order valence-corrected chi connectivity index (χ4v) is 6.64. The quantitative estimate of drug-likeness (QED) is 0.249. The van der Waals surface area contributed by atoms with Gasteiger partial charge in [-0.25, -0.2) is 9.38 Å². The molecule has 1 saturated carbocycles. The van der Waals surface area contributed by atoms with Crippen LogP contribution in [0.25, 0.3) is 17.0 Å². The highest BCUT2D eigenvalue weighted by Gasteiger charge is 2.41. The van der Waals surface area contributed by atoms with Crippen molar-refractivity contribution in [2.75, 3.05) is 0 Å². The number of halogens is 1. The minimum atomic E-state index is -0.238. The molecule has 4 aromatic rings. The first-order chi connectivity index (χ1) is 18.6. The van der Waals surface area contributed by atoms with Crippen LogP contribution < -0.4 is 0 Å². The predicted molar refractivity (Wildman–Crippen MR) is 155 cm³/mol. The Kier molecular flexibility index (Phi) is 6.90. The van der Waals surface area contributed by atoms with Gasteiger partial charge in [-0.2, -0.15) is 0 Å². The standard InChI is InChI=1S/C32H30FN3OS/c1-22-9-5-7-13-28(22)36-31(37)30(38-32(36)34-26-10-3-2-4-11-26)19-24-21-35(29-14-8-6-12-27(24)29)20-23-15-17-25(33)18-16-23/h2-4,6,8,10-12,14-19,21-22,28H,5,7,9,13,20H2,1H3/b30-19-,34-32?/t22-,28+/m0/s1. The van der Waals surface area contributed by atoms with E-state index in [1.54, 1.807) is 0 Å². The number of amides is 1. The van der Waals surface area contributed by atoms with Crippen LogP contribution in [0.5, 0.6) is 0 Å². The minimum absolute atomic E-state index is 0.0406. The molecule has 4 nitrogen and oxygen atoms in total. The van der Waals surface area contributed by atoms with Crippen LogP contribution >= 0.6 is 11.8 Å². The van der Waals surface area contributed by atoms with Crippen molar-refractivity contribution in [3.05, 3.63) is 107 Å². The summed E-state index contributed by atoms with van der Waals surface area (Å²) in [6.45, 7) is 2.88. The molecule has 2 atom stereocenters. The van der Waals surface area contributed by atoms with Gasteiger partial charge in [0.2, 0.25) is 0 Å². The van der Waals surface area contributed by atoms with Crippen molar-refractivity contribution < 1.29 is 9.18 Å². The van der Waals surface area contributed by atoms with Crippen molar-refractivity contribution in [3.63, 3.8) is 0 Å². The molecule has 0 spiro atoms. The third kappa shape index (κ3) is 4.93. The summed E-state index contributed by atoms with van der Waals surface area (Å²) in [5.41, 5.74) is 3.95. The highest BCUT2D eigenvalue weighted by Crippen LogP contribution is 2.40. The Morgan fingerprint density at radius 1 is 0.974 bits per heavy atom. The lowest BCUT2D eigenvalue weighted by molar-refractivity contribution is -0.124. The fraction of sp³-hybridized carbons (Fsp3) is 0.250. The van der Waals surface area contributed by atoms with E-state index in [9.17, 15) is 9.18 Å². The lowest BCUT2D eigenvalue weighted by Gasteiger charge is -2.35. The monoisotopic (exact) mass is 523 g/mol. The van der Waals surface area contributed by atoms with Crippen LogP contribution in [-0.4, -0.2) is 26.6 Å². The molecule has 1 aliphatic carbocycles. The van der Waals surface area contributed by atoms with Gasteiger partial charge in [-0.05, 0) is 72.5 Å². The first kappa shape index (κ1) is 24.7. The average molecular weight is 524 g/mol. The smallest absolute Gasteiger partial charge is 0.267 e. The number of thioether (sulfide) groups is 1. The molecular weight excluding hydrogens is 493 g/mol. The molecule has 1 aromatic heterocycles. The van der Waals surface area contributed by atoms with Crippen molar-refractivity contribution in [2.24, 2.45) is 10.9 Å². The van der Waals surface area contributed by atoms with E-state index in [-0.39, 0.29) is 17.8 Å². The maximum Gasteiger partial charge on any atom is 0.267 e. The Morgan fingerprint density at radius 2 is 1.71 bits per heavy atom. The molecule has 0 radical (unpaired) electrons. The van der Waals surface area contributed by atoms with Gasteiger partial charge < -0.3 is 4.57 Å². The number of hydrogen-bond acceptors (Lipinski definition) is 3. The molecule has 6 heteroatoms. The number of para-hydroxylation sites is 2. The van der Waals surface area contributed by atoms with Gasteiger partial charge in [0.1, 0.15) is 5.82 Å². The van der Waals surface area contributed by atoms with Gasteiger partial charge in [0, 0.05) is 35.2 Å². The predicted octanol–water partition coefficient (Wildman–Crippen LogP) is 8.01. The van der Waals surface area contributed by atoms with Gasteiger partial charge >= 0.3 is 0 Å². The highest BCUT2D eigenvalue weighted by molar-refractivity contribution is 8.18. The summed E-state index contributed by atoms with van der Waals surface area (Å²) in [5, 5.41) is 1.85. The number of aliphatic imine (C=N–C) groups is 1. The molecule has 3 aromatic carbocycles. The summed E-state index contributed by atoms with van der Waals surface area (Å²) >= 11 is 1.47. The molecule has 2 aliphatic rings.